The van der Waals surface area contributed by atoms with Gasteiger partial charge in [-0.1, -0.05) is 46.5 Å². The van der Waals surface area contributed by atoms with Crippen molar-refractivity contribution >= 4 is 0 Å². The predicted molar refractivity (Wildman–Crippen MR) is 75.4 cm³/mol. The molecule has 3 nitrogen and oxygen atoms in total. The molecule has 0 spiro atoms. The van der Waals surface area contributed by atoms with E-state index >= 15 is 0 Å². The molecule has 3 heteroatoms. The summed E-state index contributed by atoms with van der Waals surface area (Å²) in [7, 11) is 0. The molecule has 2 unspecified atom stereocenters. The number of nitrogens with zero attached hydrogens (tertiary/aromatic N) is 2. The molecule has 1 aromatic rings. The van der Waals surface area contributed by atoms with E-state index in [9.17, 15) is 5.11 Å². The minimum absolute atomic E-state index is 0.360. The number of hydrogen-bond donors (Lipinski definition) is 1. The molecule has 0 saturated heterocycles. The number of hydrogen-bond acceptors (Lipinski definition) is 2. The molecule has 0 aromatic carbocycles. The molecule has 0 aliphatic rings. The Kier molecular flexibility index (Phi) is 7.02. The first-order valence-electron chi connectivity index (χ1n) is 7.40. The van der Waals surface area contributed by atoms with Crippen molar-refractivity contribution in [3.05, 3.63) is 18.2 Å². The first kappa shape index (κ1) is 15.2. The normalized spacial score (nSPS) is 14.7. The summed E-state index contributed by atoms with van der Waals surface area (Å²) >= 11 is 0. The zero-order valence-electron chi connectivity index (χ0n) is 12.1. The lowest BCUT2D eigenvalue weighted by Gasteiger charge is -2.19. The van der Waals surface area contributed by atoms with Gasteiger partial charge >= 0.3 is 0 Å². The number of aryl methyl sites for hydroxylation is 1. The number of aliphatic hydroxyl groups is 1. The molecule has 0 amide bonds. The smallest absolute Gasteiger partial charge is 0.0958 e. The van der Waals surface area contributed by atoms with Crippen LogP contribution in [0, 0.1) is 5.92 Å². The number of rotatable bonds is 9. The van der Waals surface area contributed by atoms with Crippen molar-refractivity contribution in [1.82, 2.24) is 9.55 Å². The molecule has 1 aromatic heterocycles. The molecule has 1 heterocycles. The van der Waals surface area contributed by atoms with Crippen LogP contribution in [0.15, 0.2) is 12.5 Å². The van der Waals surface area contributed by atoms with Gasteiger partial charge in [0, 0.05) is 6.54 Å². The van der Waals surface area contributed by atoms with Crippen LogP contribution in [0.3, 0.4) is 0 Å². The van der Waals surface area contributed by atoms with Crippen LogP contribution in [0.2, 0.25) is 0 Å². The van der Waals surface area contributed by atoms with E-state index in [-0.39, 0.29) is 6.10 Å². The van der Waals surface area contributed by atoms with E-state index in [1.165, 1.54) is 19.3 Å². The molecule has 1 N–H and O–H groups in total. The Hall–Kier alpha value is -0.830. The third-order valence-corrected chi connectivity index (χ3v) is 3.65. The van der Waals surface area contributed by atoms with E-state index in [2.05, 4.69) is 30.3 Å². The minimum Gasteiger partial charge on any atom is -0.387 e. The highest BCUT2D eigenvalue weighted by atomic mass is 16.3. The van der Waals surface area contributed by atoms with Crippen LogP contribution in [-0.2, 0) is 6.54 Å². The van der Waals surface area contributed by atoms with Crippen LogP contribution < -0.4 is 0 Å². The van der Waals surface area contributed by atoms with Gasteiger partial charge in [0.15, 0.2) is 0 Å². The molecule has 0 bridgehead atoms. The molecular formula is C15H28N2O. The SMILES string of the molecule is CCCCC(CC)CC(O)c1cncn1CCC. The van der Waals surface area contributed by atoms with Gasteiger partial charge in [0.05, 0.1) is 24.3 Å². The molecule has 104 valence electrons. The van der Waals surface area contributed by atoms with E-state index in [0.717, 1.165) is 31.5 Å². The number of aliphatic hydroxyl groups excluding tert-OH is 1. The summed E-state index contributed by atoms with van der Waals surface area (Å²) in [5.74, 6) is 0.630. The highest BCUT2D eigenvalue weighted by molar-refractivity contribution is 5.02. The summed E-state index contributed by atoms with van der Waals surface area (Å²) in [6.45, 7) is 7.53. The summed E-state index contributed by atoms with van der Waals surface area (Å²) in [6, 6.07) is 0. The van der Waals surface area contributed by atoms with E-state index in [0.29, 0.717) is 5.92 Å². The summed E-state index contributed by atoms with van der Waals surface area (Å²) < 4.78 is 2.08. The van der Waals surface area contributed by atoms with Crippen LogP contribution in [0.1, 0.15) is 71.1 Å². The van der Waals surface area contributed by atoms with E-state index < -0.39 is 0 Å². The van der Waals surface area contributed by atoms with Gasteiger partial charge in [-0.15, -0.1) is 0 Å². The maximum absolute atomic E-state index is 10.4. The third-order valence-electron chi connectivity index (χ3n) is 3.65. The predicted octanol–water partition coefficient (Wildman–Crippen LogP) is 3.93. The van der Waals surface area contributed by atoms with Crippen LogP contribution >= 0.6 is 0 Å². The number of aromatic nitrogens is 2. The highest BCUT2D eigenvalue weighted by Gasteiger charge is 2.17. The van der Waals surface area contributed by atoms with E-state index in [4.69, 9.17) is 0 Å². The van der Waals surface area contributed by atoms with Crippen LogP contribution in [0.25, 0.3) is 0 Å². The van der Waals surface area contributed by atoms with Crippen LogP contribution in [-0.4, -0.2) is 14.7 Å². The fraction of sp³-hybridized carbons (Fsp3) is 0.800. The molecule has 0 radical (unpaired) electrons. The Balaban J connectivity index is 2.56. The largest absolute Gasteiger partial charge is 0.387 e. The standard InChI is InChI=1S/C15H28N2O/c1-4-7-8-13(6-3)10-15(18)14-11-16-12-17(14)9-5-2/h11-13,15,18H,4-10H2,1-3H3. The number of unbranched alkanes of at least 4 members (excludes halogenated alkanes) is 1. The quantitative estimate of drug-likeness (QED) is 0.723. The van der Waals surface area contributed by atoms with Gasteiger partial charge in [-0.05, 0) is 18.8 Å². The van der Waals surface area contributed by atoms with Crippen molar-refractivity contribution in [2.45, 2.75) is 71.9 Å². The van der Waals surface area contributed by atoms with Crippen molar-refractivity contribution in [1.29, 1.82) is 0 Å². The van der Waals surface area contributed by atoms with Gasteiger partial charge in [0.1, 0.15) is 0 Å². The molecule has 1 rings (SSSR count). The summed E-state index contributed by atoms with van der Waals surface area (Å²) in [5.41, 5.74) is 0.979. The van der Waals surface area contributed by atoms with E-state index in [1.807, 2.05) is 12.5 Å². The van der Waals surface area contributed by atoms with Crippen molar-refractivity contribution in [3.63, 3.8) is 0 Å². The number of imidazole rings is 1. The van der Waals surface area contributed by atoms with Gasteiger partial charge in [0.25, 0.3) is 0 Å². The van der Waals surface area contributed by atoms with Crippen molar-refractivity contribution < 1.29 is 5.11 Å². The second kappa shape index (κ2) is 8.30. The minimum atomic E-state index is -0.360. The lowest BCUT2D eigenvalue weighted by atomic mass is 9.92. The summed E-state index contributed by atoms with van der Waals surface area (Å²) in [5, 5.41) is 10.4. The zero-order valence-corrected chi connectivity index (χ0v) is 12.1. The first-order chi connectivity index (χ1) is 8.72. The molecular weight excluding hydrogens is 224 g/mol. The van der Waals surface area contributed by atoms with Crippen LogP contribution in [0.5, 0.6) is 0 Å². The van der Waals surface area contributed by atoms with E-state index in [1.54, 1.807) is 0 Å². The Bertz CT molecular complexity index is 322. The maximum Gasteiger partial charge on any atom is 0.0958 e. The fourth-order valence-corrected chi connectivity index (χ4v) is 2.45. The summed E-state index contributed by atoms with van der Waals surface area (Å²) in [4.78, 5) is 4.16. The summed E-state index contributed by atoms with van der Waals surface area (Å²) in [6.07, 6.45) is 10.1. The van der Waals surface area contributed by atoms with Crippen LogP contribution in [0.4, 0.5) is 0 Å². The maximum atomic E-state index is 10.4. The average Bonchev–Trinajstić information content (AvgIpc) is 2.83. The first-order valence-corrected chi connectivity index (χ1v) is 7.40. The average molecular weight is 252 g/mol. The fourth-order valence-electron chi connectivity index (χ4n) is 2.45. The second-order valence-electron chi connectivity index (χ2n) is 5.18. The molecule has 18 heavy (non-hydrogen) atoms. The molecule has 2 atom stereocenters. The van der Waals surface area contributed by atoms with Crippen molar-refractivity contribution in [3.8, 4) is 0 Å². The Morgan fingerprint density at radius 3 is 2.67 bits per heavy atom. The van der Waals surface area contributed by atoms with Gasteiger partial charge in [0.2, 0.25) is 0 Å². The zero-order chi connectivity index (χ0) is 13.4. The second-order valence-corrected chi connectivity index (χ2v) is 5.18. The Labute approximate surface area is 111 Å². The Morgan fingerprint density at radius 1 is 1.28 bits per heavy atom. The van der Waals surface area contributed by atoms with Gasteiger partial charge in [-0.25, -0.2) is 4.98 Å². The molecule has 0 saturated carbocycles. The monoisotopic (exact) mass is 252 g/mol. The van der Waals surface area contributed by atoms with Gasteiger partial charge < -0.3 is 9.67 Å². The van der Waals surface area contributed by atoms with Crippen molar-refractivity contribution in [2.75, 3.05) is 0 Å². The van der Waals surface area contributed by atoms with Crippen molar-refractivity contribution in [2.24, 2.45) is 5.92 Å². The third kappa shape index (κ3) is 4.45. The molecule has 0 aliphatic heterocycles. The van der Waals surface area contributed by atoms with Gasteiger partial charge in [-0.3, -0.25) is 0 Å². The highest BCUT2D eigenvalue weighted by Crippen LogP contribution is 2.26. The Morgan fingerprint density at radius 2 is 2.06 bits per heavy atom. The lowest BCUT2D eigenvalue weighted by molar-refractivity contribution is 0.131. The van der Waals surface area contributed by atoms with Gasteiger partial charge in [-0.2, -0.15) is 0 Å². The molecule has 0 aliphatic carbocycles. The lowest BCUT2D eigenvalue weighted by Crippen LogP contribution is -2.11. The topological polar surface area (TPSA) is 38.1 Å². The molecule has 0 fully saturated rings.